The normalized spacial score (nSPS) is 12.2. The van der Waals surface area contributed by atoms with E-state index in [2.05, 4.69) is 0 Å². The predicted molar refractivity (Wildman–Crippen MR) is 72.7 cm³/mol. The third kappa shape index (κ3) is 2.49. The molecular formula is C14H16O3S. The lowest BCUT2D eigenvalue weighted by atomic mass is 10.0. The molecule has 18 heavy (non-hydrogen) atoms. The van der Waals surface area contributed by atoms with Gasteiger partial charge in [0.2, 0.25) is 0 Å². The number of methoxy groups -OCH3 is 2. The van der Waals surface area contributed by atoms with Crippen molar-refractivity contribution in [1.29, 1.82) is 0 Å². The molecule has 1 aromatic carbocycles. The molecule has 0 radical (unpaired) electrons. The van der Waals surface area contributed by atoms with Crippen molar-refractivity contribution in [2.45, 2.75) is 13.0 Å². The van der Waals surface area contributed by atoms with Crippen molar-refractivity contribution in [2.75, 3.05) is 14.2 Å². The van der Waals surface area contributed by atoms with Crippen molar-refractivity contribution in [3.05, 3.63) is 45.6 Å². The maximum atomic E-state index is 10.3. The number of rotatable bonds is 4. The van der Waals surface area contributed by atoms with Crippen LogP contribution < -0.4 is 9.47 Å². The van der Waals surface area contributed by atoms with Crippen molar-refractivity contribution in [1.82, 2.24) is 0 Å². The van der Waals surface area contributed by atoms with Crippen LogP contribution >= 0.6 is 11.3 Å². The summed E-state index contributed by atoms with van der Waals surface area (Å²) in [6.45, 7) is 1.96. The largest absolute Gasteiger partial charge is 0.496 e. The number of aliphatic hydroxyl groups is 1. The van der Waals surface area contributed by atoms with Crippen molar-refractivity contribution in [3.8, 4) is 11.5 Å². The van der Waals surface area contributed by atoms with Gasteiger partial charge < -0.3 is 14.6 Å². The molecule has 1 heterocycles. The molecule has 3 nitrogen and oxygen atoms in total. The van der Waals surface area contributed by atoms with Gasteiger partial charge in [-0.1, -0.05) is 6.07 Å². The molecule has 2 rings (SSSR count). The van der Waals surface area contributed by atoms with Crippen LogP contribution in [0.25, 0.3) is 0 Å². The lowest BCUT2D eigenvalue weighted by Gasteiger charge is -2.11. The SMILES string of the molecule is COc1csc(C(O)c2ccc(OC)c(C)c2)c1. The highest BCUT2D eigenvalue weighted by Crippen LogP contribution is 2.32. The second kappa shape index (κ2) is 5.42. The summed E-state index contributed by atoms with van der Waals surface area (Å²) in [7, 11) is 3.26. The molecule has 4 heteroatoms. The van der Waals surface area contributed by atoms with Crippen molar-refractivity contribution in [3.63, 3.8) is 0 Å². The predicted octanol–water partition coefficient (Wildman–Crippen LogP) is 3.16. The van der Waals surface area contributed by atoms with E-state index in [9.17, 15) is 5.11 Å². The molecule has 0 aliphatic rings. The minimum atomic E-state index is -0.622. The fraction of sp³-hybridized carbons (Fsp3) is 0.286. The smallest absolute Gasteiger partial charge is 0.129 e. The van der Waals surface area contributed by atoms with Gasteiger partial charge in [-0.15, -0.1) is 11.3 Å². The summed E-state index contributed by atoms with van der Waals surface area (Å²) in [4.78, 5) is 0.872. The third-order valence-electron chi connectivity index (χ3n) is 2.84. The van der Waals surface area contributed by atoms with E-state index < -0.39 is 6.10 Å². The first kappa shape index (κ1) is 12.9. The number of benzene rings is 1. The molecule has 0 aliphatic heterocycles. The Morgan fingerprint density at radius 1 is 1.17 bits per heavy atom. The van der Waals surface area contributed by atoms with Crippen LogP contribution in [0.5, 0.6) is 11.5 Å². The number of aliphatic hydroxyl groups excluding tert-OH is 1. The monoisotopic (exact) mass is 264 g/mol. The van der Waals surface area contributed by atoms with Gasteiger partial charge >= 0.3 is 0 Å². The topological polar surface area (TPSA) is 38.7 Å². The average Bonchev–Trinajstić information content (AvgIpc) is 2.86. The summed E-state index contributed by atoms with van der Waals surface area (Å²) in [6, 6.07) is 7.55. The first-order chi connectivity index (χ1) is 8.65. The zero-order chi connectivity index (χ0) is 13.1. The minimum absolute atomic E-state index is 0.622. The molecule has 0 saturated carbocycles. The molecule has 0 saturated heterocycles. The van der Waals surface area contributed by atoms with Gasteiger partial charge in [0.25, 0.3) is 0 Å². The first-order valence-corrected chi connectivity index (χ1v) is 6.48. The van der Waals surface area contributed by atoms with Crippen LogP contribution in [0.3, 0.4) is 0 Å². The quantitative estimate of drug-likeness (QED) is 0.922. The lowest BCUT2D eigenvalue weighted by molar-refractivity contribution is 0.223. The van der Waals surface area contributed by atoms with Gasteiger partial charge in [-0.25, -0.2) is 0 Å². The number of ether oxygens (including phenoxy) is 2. The van der Waals surface area contributed by atoms with Crippen LogP contribution in [0, 0.1) is 6.92 Å². The fourth-order valence-electron chi connectivity index (χ4n) is 1.82. The molecule has 1 atom stereocenters. The van der Waals surface area contributed by atoms with Gasteiger partial charge in [0.1, 0.15) is 17.6 Å². The molecular weight excluding hydrogens is 248 g/mol. The van der Waals surface area contributed by atoms with Gasteiger partial charge in [0, 0.05) is 10.3 Å². The fourth-order valence-corrected chi connectivity index (χ4v) is 2.69. The molecule has 0 spiro atoms. The summed E-state index contributed by atoms with van der Waals surface area (Å²) >= 11 is 1.49. The highest BCUT2D eigenvalue weighted by molar-refractivity contribution is 7.10. The lowest BCUT2D eigenvalue weighted by Crippen LogP contribution is -1.98. The van der Waals surface area contributed by atoms with Crippen molar-refractivity contribution >= 4 is 11.3 Å². The molecule has 0 bridgehead atoms. The summed E-state index contributed by atoms with van der Waals surface area (Å²) in [5.74, 6) is 1.61. The van der Waals surface area contributed by atoms with Gasteiger partial charge in [-0.05, 0) is 36.2 Å². The number of hydrogen-bond acceptors (Lipinski definition) is 4. The highest BCUT2D eigenvalue weighted by atomic mass is 32.1. The number of hydrogen-bond donors (Lipinski definition) is 1. The Morgan fingerprint density at radius 3 is 2.50 bits per heavy atom. The second-order valence-electron chi connectivity index (χ2n) is 4.02. The summed E-state index contributed by atoms with van der Waals surface area (Å²) in [5.41, 5.74) is 1.87. The van der Waals surface area contributed by atoms with Crippen LogP contribution in [0.15, 0.2) is 29.6 Å². The molecule has 1 aromatic heterocycles. The van der Waals surface area contributed by atoms with Crippen molar-refractivity contribution < 1.29 is 14.6 Å². The summed E-state index contributed by atoms with van der Waals surface area (Å²) in [6.07, 6.45) is -0.622. The van der Waals surface area contributed by atoms with E-state index in [0.717, 1.165) is 27.5 Å². The number of aryl methyl sites for hydroxylation is 1. The Hall–Kier alpha value is -1.52. The summed E-state index contributed by atoms with van der Waals surface area (Å²) < 4.78 is 10.3. The Morgan fingerprint density at radius 2 is 1.94 bits per heavy atom. The van der Waals surface area contributed by atoms with Crippen LogP contribution in [0.2, 0.25) is 0 Å². The van der Waals surface area contributed by atoms with Gasteiger partial charge in [-0.3, -0.25) is 0 Å². The van der Waals surface area contributed by atoms with E-state index in [-0.39, 0.29) is 0 Å². The Balaban J connectivity index is 2.27. The van der Waals surface area contributed by atoms with Gasteiger partial charge in [0.05, 0.1) is 14.2 Å². The maximum absolute atomic E-state index is 10.3. The Kier molecular flexibility index (Phi) is 3.89. The zero-order valence-electron chi connectivity index (χ0n) is 10.6. The van der Waals surface area contributed by atoms with E-state index >= 15 is 0 Å². The molecule has 0 aliphatic carbocycles. The molecule has 2 aromatic rings. The van der Waals surface area contributed by atoms with E-state index in [4.69, 9.17) is 9.47 Å². The van der Waals surface area contributed by atoms with Crippen LogP contribution in [-0.4, -0.2) is 19.3 Å². The molecule has 0 amide bonds. The molecule has 1 N–H and O–H groups in total. The Bertz CT molecular complexity index is 534. The number of thiophene rings is 1. The molecule has 96 valence electrons. The van der Waals surface area contributed by atoms with Crippen LogP contribution in [0.1, 0.15) is 22.1 Å². The van der Waals surface area contributed by atoms with E-state index in [0.29, 0.717) is 0 Å². The zero-order valence-corrected chi connectivity index (χ0v) is 11.5. The third-order valence-corrected chi connectivity index (χ3v) is 3.80. The minimum Gasteiger partial charge on any atom is -0.496 e. The van der Waals surface area contributed by atoms with Gasteiger partial charge in [-0.2, -0.15) is 0 Å². The van der Waals surface area contributed by atoms with Crippen LogP contribution in [0.4, 0.5) is 0 Å². The standard InChI is InChI=1S/C14H16O3S/c1-9-6-10(4-5-12(9)17-3)14(15)13-7-11(16-2)8-18-13/h4-8,14-15H,1-3H3. The molecule has 1 unspecified atom stereocenters. The average molecular weight is 264 g/mol. The van der Waals surface area contributed by atoms with Gasteiger partial charge in [0.15, 0.2) is 0 Å². The molecule has 0 fully saturated rings. The van der Waals surface area contributed by atoms with Crippen molar-refractivity contribution in [2.24, 2.45) is 0 Å². The second-order valence-corrected chi connectivity index (χ2v) is 4.96. The van der Waals surface area contributed by atoms with E-state index in [1.807, 2.05) is 36.6 Å². The highest BCUT2D eigenvalue weighted by Gasteiger charge is 2.14. The first-order valence-electron chi connectivity index (χ1n) is 5.60. The van der Waals surface area contributed by atoms with Crippen LogP contribution in [-0.2, 0) is 0 Å². The van der Waals surface area contributed by atoms with E-state index in [1.165, 1.54) is 11.3 Å². The van der Waals surface area contributed by atoms with E-state index in [1.54, 1.807) is 14.2 Å². The maximum Gasteiger partial charge on any atom is 0.129 e. The summed E-state index contributed by atoms with van der Waals surface area (Å²) in [5, 5.41) is 12.2. The Labute approximate surface area is 111 Å².